The number of rotatable bonds is 7. The van der Waals surface area contributed by atoms with Crippen LogP contribution in [0.25, 0.3) is 127 Å². The molecular weight excluding hydrogens is 811 g/mol. The van der Waals surface area contributed by atoms with Gasteiger partial charge < -0.3 is 4.57 Å². The maximum absolute atomic E-state index is 5.28. The van der Waals surface area contributed by atoms with Gasteiger partial charge in [0, 0.05) is 27.5 Å². The molecule has 2 aromatic heterocycles. The van der Waals surface area contributed by atoms with Crippen LogP contribution in [0.5, 0.6) is 0 Å². The first kappa shape index (κ1) is 38.5. The molecule has 0 unspecified atom stereocenters. The summed E-state index contributed by atoms with van der Waals surface area (Å²) in [6.07, 6.45) is 0. The average Bonchev–Trinajstić information content (AvgIpc) is 3.75. The van der Waals surface area contributed by atoms with E-state index in [1.165, 1.54) is 65.3 Å². The van der Waals surface area contributed by atoms with Crippen molar-refractivity contribution < 1.29 is 0 Å². The number of para-hydroxylation sites is 3. The van der Waals surface area contributed by atoms with Crippen molar-refractivity contribution in [1.29, 1.82) is 0 Å². The third-order valence-corrected chi connectivity index (χ3v) is 13.4. The molecular formula is C64H41N3. The quantitative estimate of drug-likeness (QED) is 0.118. The molecule has 67 heavy (non-hydrogen) atoms. The van der Waals surface area contributed by atoms with Crippen LogP contribution in [0, 0.1) is 0 Å². The highest BCUT2D eigenvalue weighted by atomic mass is 15.0. The Hall–Kier alpha value is -8.92. The van der Waals surface area contributed by atoms with Crippen LogP contribution in [0.2, 0.25) is 0 Å². The predicted octanol–water partition coefficient (Wildman–Crippen LogP) is 17.0. The molecule has 0 spiro atoms. The molecule has 2 heterocycles. The van der Waals surface area contributed by atoms with Crippen molar-refractivity contribution in [3.63, 3.8) is 0 Å². The Morgan fingerprint density at radius 2 is 0.761 bits per heavy atom. The second-order valence-corrected chi connectivity index (χ2v) is 17.2. The molecule has 0 aliphatic rings. The average molecular weight is 852 g/mol. The first-order valence-electron chi connectivity index (χ1n) is 22.9. The van der Waals surface area contributed by atoms with Crippen LogP contribution in [-0.2, 0) is 0 Å². The van der Waals surface area contributed by atoms with Crippen LogP contribution in [0.1, 0.15) is 0 Å². The highest BCUT2D eigenvalue weighted by molar-refractivity contribution is 6.28. The number of aromatic nitrogens is 3. The number of benzene rings is 11. The molecule has 0 saturated heterocycles. The van der Waals surface area contributed by atoms with Crippen molar-refractivity contribution in [2.75, 3.05) is 0 Å². The van der Waals surface area contributed by atoms with Gasteiger partial charge in [-0.3, -0.25) is 0 Å². The smallest absolute Gasteiger partial charge is 0.160 e. The molecule has 11 aromatic carbocycles. The summed E-state index contributed by atoms with van der Waals surface area (Å²) < 4.78 is 2.37. The molecule has 13 rings (SSSR count). The van der Waals surface area contributed by atoms with Crippen LogP contribution in [-0.4, -0.2) is 14.5 Å². The molecule has 13 aromatic rings. The molecule has 312 valence electrons. The van der Waals surface area contributed by atoms with Crippen molar-refractivity contribution in [2.45, 2.75) is 0 Å². The Bertz CT molecular complexity index is 3950. The minimum Gasteiger partial charge on any atom is -0.309 e. The molecule has 0 fully saturated rings. The van der Waals surface area contributed by atoms with E-state index < -0.39 is 0 Å². The Kier molecular flexibility index (Phi) is 9.17. The molecule has 0 amide bonds. The lowest BCUT2D eigenvalue weighted by Gasteiger charge is -2.19. The van der Waals surface area contributed by atoms with Gasteiger partial charge >= 0.3 is 0 Å². The molecule has 0 atom stereocenters. The lowest BCUT2D eigenvalue weighted by molar-refractivity contribution is 1.15. The van der Waals surface area contributed by atoms with E-state index in [2.05, 4.69) is 235 Å². The van der Waals surface area contributed by atoms with E-state index in [9.17, 15) is 0 Å². The summed E-state index contributed by atoms with van der Waals surface area (Å²) in [5, 5.41) is 10.0. The fraction of sp³-hybridized carbons (Fsp3) is 0. The third kappa shape index (κ3) is 6.51. The van der Waals surface area contributed by atoms with Gasteiger partial charge in [0.1, 0.15) is 0 Å². The summed E-state index contributed by atoms with van der Waals surface area (Å²) >= 11 is 0. The van der Waals surface area contributed by atoms with Crippen LogP contribution < -0.4 is 0 Å². The monoisotopic (exact) mass is 851 g/mol. The van der Waals surface area contributed by atoms with Gasteiger partial charge in [-0.05, 0) is 90.0 Å². The predicted molar refractivity (Wildman–Crippen MR) is 282 cm³/mol. The van der Waals surface area contributed by atoms with Gasteiger partial charge in [0.25, 0.3) is 0 Å². The van der Waals surface area contributed by atoms with Gasteiger partial charge in [0.2, 0.25) is 0 Å². The summed E-state index contributed by atoms with van der Waals surface area (Å²) in [6, 6.07) is 89.4. The zero-order chi connectivity index (χ0) is 44.3. The molecule has 0 bridgehead atoms. The van der Waals surface area contributed by atoms with Crippen molar-refractivity contribution in [3.05, 3.63) is 249 Å². The van der Waals surface area contributed by atoms with Crippen LogP contribution in [0.3, 0.4) is 0 Å². The molecule has 0 saturated carbocycles. The summed E-state index contributed by atoms with van der Waals surface area (Å²) in [5.74, 6) is 0.689. The zero-order valence-corrected chi connectivity index (χ0v) is 36.5. The van der Waals surface area contributed by atoms with E-state index in [1.807, 2.05) is 18.2 Å². The van der Waals surface area contributed by atoms with Crippen LogP contribution in [0.15, 0.2) is 249 Å². The number of nitrogens with zero attached hydrogens (tertiary/aromatic N) is 3. The minimum atomic E-state index is 0.689. The third-order valence-electron chi connectivity index (χ3n) is 13.4. The Morgan fingerprint density at radius 3 is 1.43 bits per heavy atom. The minimum absolute atomic E-state index is 0.689. The van der Waals surface area contributed by atoms with Gasteiger partial charge in [-0.1, -0.05) is 224 Å². The molecule has 0 aliphatic carbocycles. The van der Waals surface area contributed by atoms with Gasteiger partial charge in [0.05, 0.1) is 28.1 Å². The van der Waals surface area contributed by atoms with Gasteiger partial charge in [-0.15, -0.1) is 0 Å². The lowest BCUT2D eigenvalue weighted by atomic mass is 9.84. The first-order valence-corrected chi connectivity index (χ1v) is 22.9. The van der Waals surface area contributed by atoms with E-state index in [1.54, 1.807) is 0 Å². The Morgan fingerprint density at radius 1 is 0.284 bits per heavy atom. The van der Waals surface area contributed by atoms with E-state index in [4.69, 9.17) is 9.97 Å². The Labute approximate surface area is 388 Å². The maximum atomic E-state index is 5.28. The van der Waals surface area contributed by atoms with E-state index in [0.29, 0.717) is 5.82 Å². The SMILES string of the molecule is c1ccc(-c2nc(-c3ccc(-c4ccc(-c5c6ccccc6c(-c6ccccc6)c6c5ccc5ccccc56)cc4)cc3)cc(-c3ccccc3-n3c4ccccc4c4ccccc43)n2)cc1. The zero-order valence-electron chi connectivity index (χ0n) is 36.5. The van der Waals surface area contributed by atoms with Crippen molar-refractivity contribution in [3.8, 4) is 73.0 Å². The van der Waals surface area contributed by atoms with Crippen LogP contribution in [0.4, 0.5) is 0 Å². The highest BCUT2D eigenvalue weighted by Gasteiger charge is 2.20. The summed E-state index contributed by atoms with van der Waals surface area (Å²) in [4.78, 5) is 10.5. The second-order valence-electron chi connectivity index (χ2n) is 17.2. The van der Waals surface area contributed by atoms with Gasteiger partial charge in [-0.25, -0.2) is 9.97 Å². The second kappa shape index (κ2) is 16.0. The van der Waals surface area contributed by atoms with Gasteiger partial charge in [0.15, 0.2) is 5.82 Å². The van der Waals surface area contributed by atoms with E-state index in [-0.39, 0.29) is 0 Å². The van der Waals surface area contributed by atoms with Crippen molar-refractivity contribution in [1.82, 2.24) is 14.5 Å². The normalized spacial score (nSPS) is 11.6. The van der Waals surface area contributed by atoms with Gasteiger partial charge in [-0.2, -0.15) is 0 Å². The lowest BCUT2D eigenvalue weighted by Crippen LogP contribution is -2.00. The molecule has 0 radical (unpaired) electrons. The van der Waals surface area contributed by atoms with E-state index >= 15 is 0 Å². The topological polar surface area (TPSA) is 30.7 Å². The largest absolute Gasteiger partial charge is 0.309 e. The first-order chi connectivity index (χ1) is 33.2. The number of hydrogen-bond donors (Lipinski definition) is 0. The Balaban J connectivity index is 0.906. The summed E-state index contributed by atoms with van der Waals surface area (Å²) in [6.45, 7) is 0. The van der Waals surface area contributed by atoms with Crippen molar-refractivity contribution >= 4 is 54.1 Å². The summed E-state index contributed by atoms with van der Waals surface area (Å²) in [7, 11) is 0. The summed E-state index contributed by atoms with van der Waals surface area (Å²) in [5.41, 5.74) is 15.4. The van der Waals surface area contributed by atoms with Crippen LogP contribution >= 0.6 is 0 Å². The van der Waals surface area contributed by atoms with Crippen molar-refractivity contribution in [2.24, 2.45) is 0 Å². The maximum Gasteiger partial charge on any atom is 0.160 e. The number of hydrogen-bond acceptors (Lipinski definition) is 2. The van der Waals surface area contributed by atoms with E-state index in [0.717, 1.165) is 55.9 Å². The standard InChI is InChI=1S/C64H41N3/c1-3-18-46(19-4-1)62-53-26-10-9-25-52(53)61(55-40-39-44-17-7-8-22-49(44)63(55)62)47-37-33-43(34-38-47)42-31-35-45(36-32-42)56-41-57(66-64(65-56)48-20-5-2-6-21-48)54-27-13-16-30-60(54)67-58-28-14-11-23-50(58)51-24-12-15-29-59(51)67/h1-41H. The molecule has 3 nitrogen and oxygen atoms in total. The molecule has 3 heteroatoms. The fourth-order valence-electron chi connectivity index (χ4n) is 10.3. The number of fused-ring (bicyclic) bond motifs is 7. The highest BCUT2D eigenvalue weighted by Crippen LogP contribution is 2.46. The fourth-order valence-corrected chi connectivity index (χ4v) is 10.3. The molecule has 0 N–H and O–H groups in total. The molecule has 0 aliphatic heterocycles.